The average Bonchev–Trinajstić information content (AvgIpc) is 3.13. The van der Waals surface area contributed by atoms with Crippen LogP contribution in [0.25, 0.3) is 0 Å². The number of hydrogen-bond acceptors (Lipinski definition) is 4. The Kier molecular flexibility index (Phi) is 5.17. The van der Waals surface area contributed by atoms with E-state index in [0.717, 1.165) is 19.4 Å². The van der Waals surface area contributed by atoms with E-state index in [9.17, 15) is 9.59 Å². The van der Waals surface area contributed by atoms with Crippen LogP contribution in [0.2, 0.25) is 5.02 Å². The first-order valence-corrected chi connectivity index (χ1v) is 8.17. The van der Waals surface area contributed by atoms with Crippen LogP contribution >= 0.6 is 11.6 Å². The third kappa shape index (κ3) is 3.96. The summed E-state index contributed by atoms with van der Waals surface area (Å²) >= 11 is 6.20. The fraction of sp³-hybridized carbons (Fsp3) is 0.294. The third-order valence-electron chi connectivity index (χ3n) is 3.90. The van der Waals surface area contributed by atoms with E-state index >= 15 is 0 Å². The van der Waals surface area contributed by atoms with Crippen LogP contribution < -0.4 is 16.0 Å². The molecule has 0 bridgehead atoms. The van der Waals surface area contributed by atoms with Crippen molar-refractivity contribution in [3.63, 3.8) is 0 Å². The molecule has 24 heavy (non-hydrogen) atoms. The van der Waals surface area contributed by atoms with Crippen LogP contribution in [-0.2, 0) is 4.79 Å². The molecule has 0 radical (unpaired) electrons. The van der Waals surface area contributed by atoms with E-state index in [4.69, 9.17) is 16.0 Å². The van der Waals surface area contributed by atoms with Gasteiger partial charge in [0.05, 0.1) is 22.9 Å². The molecule has 2 amide bonds. The van der Waals surface area contributed by atoms with Gasteiger partial charge in [-0.1, -0.05) is 11.6 Å². The number of benzene rings is 1. The van der Waals surface area contributed by atoms with E-state index in [1.54, 1.807) is 30.3 Å². The molecule has 0 saturated carbocycles. The Hall–Kier alpha value is -2.31. The molecule has 7 heteroatoms. The van der Waals surface area contributed by atoms with Crippen molar-refractivity contribution in [3.8, 4) is 0 Å². The number of furan rings is 1. The van der Waals surface area contributed by atoms with Crippen LogP contribution in [0.1, 0.15) is 23.4 Å². The predicted octanol–water partition coefficient (Wildman–Crippen LogP) is 3.12. The summed E-state index contributed by atoms with van der Waals surface area (Å²) in [5.74, 6) is -0.235. The van der Waals surface area contributed by atoms with Gasteiger partial charge in [0.2, 0.25) is 5.91 Å². The van der Waals surface area contributed by atoms with E-state index in [2.05, 4.69) is 16.0 Å². The highest BCUT2D eigenvalue weighted by molar-refractivity contribution is 6.34. The molecule has 0 spiro atoms. The van der Waals surface area contributed by atoms with Crippen molar-refractivity contribution in [3.05, 3.63) is 47.4 Å². The van der Waals surface area contributed by atoms with E-state index in [0.29, 0.717) is 22.9 Å². The molecule has 1 unspecified atom stereocenters. The summed E-state index contributed by atoms with van der Waals surface area (Å²) in [6, 6.07) is 8.18. The van der Waals surface area contributed by atoms with Crippen LogP contribution in [-0.4, -0.2) is 24.9 Å². The Bertz CT molecular complexity index is 725. The number of carbonyl (C=O) groups is 2. The maximum Gasteiger partial charge on any atom is 0.291 e. The molecule has 1 aliphatic rings. The average molecular weight is 348 g/mol. The summed E-state index contributed by atoms with van der Waals surface area (Å²) in [6.45, 7) is 1.65. The molecule has 3 N–H and O–H groups in total. The molecule has 126 valence electrons. The molecule has 6 nitrogen and oxygen atoms in total. The number of anilines is 2. The van der Waals surface area contributed by atoms with Crippen molar-refractivity contribution < 1.29 is 14.0 Å². The van der Waals surface area contributed by atoms with Gasteiger partial charge < -0.3 is 20.4 Å². The van der Waals surface area contributed by atoms with Gasteiger partial charge in [-0.2, -0.15) is 0 Å². The summed E-state index contributed by atoms with van der Waals surface area (Å²) in [5, 5.41) is 9.09. The topological polar surface area (TPSA) is 83.4 Å². The Morgan fingerprint density at radius 1 is 1.25 bits per heavy atom. The van der Waals surface area contributed by atoms with Crippen LogP contribution in [0.15, 0.2) is 41.0 Å². The predicted molar refractivity (Wildman–Crippen MR) is 92.3 cm³/mol. The standard InChI is InChI=1S/C17H18ClN3O3/c18-13-9-12(20-16(22)11-3-1-7-19-10-11)5-6-14(13)21-17(23)15-4-2-8-24-15/h2,4-6,8-9,11,19H,1,3,7,10H2,(H,20,22)(H,21,23). The molecular formula is C17H18ClN3O3. The van der Waals surface area contributed by atoms with Crippen LogP contribution in [0.5, 0.6) is 0 Å². The molecule has 1 saturated heterocycles. The lowest BCUT2D eigenvalue weighted by Crippen LogP contribution is -2.37. The fourth-order valence-electron chi connectivity index (χ4n) is 2.61. The third-order valence-corrected chi connectivity index (χ3v) is 4.21. The lowest BCUT2D eigenvalue weighted by molar-refractivity contribution is -0.120. The van der Waals surface area contributed by atoms with Crippen molar-refractivity contribution >= 4 is 34.8 Å². The Morgan fingerprint density at radius 2 is 2.12 bits per heavy atom. The molecule has 0 aliphatic carbocycles. The second kappa shape index (κ2) is 7.51. The second-order valence-electron chi connectivity index (χ2n) is 5.66. The van der Waals surface area contributed by atoms with Crippen LogP contribution in [0.3, 0.4) is 0 Å². The van der Waals surface area contributed by atoms with Crippen molar-refractivity contribution in [1.82, 2.24) is 5.32 Å². The van der Waals surface area contributed by atoms with Gasteiger partial charge in [-0.05, 0) is 49.7 Å². The van der Waals surface area contributed by atoms with Crippen molar-refractivity contribution in [2.45, 2.75) is 12.8 Å². The number of hydrogen-bond donors (Lipinski definition) is 3. The van der Waals surface area contributed by atoms with Gasteiger partial charge in [-0.15, -0.1) is 0 Å². The SMILES string of the molecule is O=C(Nc1ccc(NC(=O)C2CCCNC2)cc1Cl)c1ccco1. The smallest absolute Gasteiger partial charge is 0.291 e. The van der Waals surface area contributed by atoms with Gasteiger partial charge in [-0.3, -0.25) is 9.59 Å². The Morgan fingerprint density at radius 3 is 2.79 bits per heavy atom. The molecule has 1 aromatic carbocycles. The van der Waals surface area contributed by atoms with Crippen LogP contribution in [0, 0.1) is 5.92 Å². The largest absolute Gasteiger partial charge is 0.459 e. The molecular weight excluding hydrogens is 330 g/mol. The van der Waals surface area contributed by atoms with Crippen molar-refractivity contribution in [2.24, 2.45) is 5.92 Å². The number of piperidine rings is 1. The minimum absolute atomic E-state index is 0.0226. The maximum absolute atomic E-state index is 12.2. The molecule has 3 rings (SSSR count). The highest BCUT2D eigenvalue weighted by Gasteiger charge is 2.21. The monoisotopic (exact) mass is 347 g/mol. The number of halogens is 1. The first-order chi connectivity index (χ1) is 11.6. The van der Waals surface area contributed by atoms with Gasteiger partial charge >= 0.3 is 0 Å². The summed E-state index contributed by atoms with van der Waals surface area (Å²) in [4.78, 5) is 24.2. The van der Waals surface area contributed by atoms with Gasteiger partial charge in [0.15, 0.2) is 5.76 Å². The molecule has 2 aromatic rings. The van der Waals surface area contributed by atoms with Gasteiger partial charge in [-0.25, -0.2) is 0 Å². The first kappa shape index (κ1) is 16.5. The molecule has 1 fully saturated rings. The zero-order valence-electron chi connectivity index (χ0n) is 13.0. The van der Waals surface area contributed by atoms with E-state index < -0.39 is 0 Å². The molecule has 1 aliphatic heterocycles. The van der Waals surface area contributed by atoms with E-state index in [1.807, 2.05) is 0 Å². The molecule has 2 heterocycles. The highest BCUT2D eigenvalue weighted by Crippen LogP contribution is 2.26. The zero-order valence-corrected chi connectivity index (χ0v) is 13.7. The summed E-state index contributed by atoms with van der Waals surface area (Å²) < 4.78 is 5.03. The first-order valence-electron chi connectivity index (χ1n) is 7.79. The van der Waals surface area contributed by atoms with Gasteiger partial charge in [0.25, 0.3) is 5.91 Å². The number of rotatable bonds is 4. The van der Waals surface area contributed by atoms with E-state index in [1.165, 1.54) is 6.26 Å². The fourth-order valence-corrected chi connectivity index (χ4v) is 2.83. The summed E-state index contributed by atoms with van der Waals surface area (Å²) in [5.41, 5.74) is 1.06. The Labute approximate surface area is 144 Å². The molecule has 1 atom stereocenters. The van der Waals surface area contributed by atoms with Gasteiger partial charge in [0.1, 0.15) is 0 Å². The zero-order chi connectivity index (χ0) is 16.9. The number of carbonyl (C=O) groups excluding carboxylic acids is 2. The lowest BCUT2D eigenvalue weighted by atomic mass is 9.99. The minimum atomic E-state index is -0.382. The second-order valence-corrected chi connectivity index (χ2v) is 6.07. The summed E-state index contributed by atoms with van der Waals surface area (Å²) in [6.07, 6.45) is 3.30. The number of nitrogens with one attached hydrogen (secondary N) is 3. The maximum atomic E-state index is 12.2. The highest BCUT2D eigenvalue weighted by atomic mass is 35.5. The number of amides is 2. The van der Waals surface area contributed by atoms with E-state index in [-0.39, 0.29) is 23.5 Å². The Balaban J connectivity index is 1.63. The minimum Gasteiger partial charge on any atom is -0.459 e. The quantitative estimate of drug-likeness (QED) is 0.793. The van der Waals surface area contributed by atoms with Gasteiger partial charge in [0, 0.05) is 12.2 Å². The lowest BCUT2D eigenvalue weighted by Gasteiger charge is -2.22. The van der Waals surface area contributed by atoms with Crippen LogP contribution in [0.4, 0.5) is 11.4 Å². The molecule has 1 aromatic heterocycles. The normalized spacial score (nSPS) is 17.3. The van der Waals surface area contributed by atoms with Crippen molar-refractivity contribution in [2.75, 3.05) is 23.7 Å². The summed E-state index contributed by atoms with van der Waals surface area (Å²) in [7, 11) is 0. The van der Waals surface area contributed by atoms with Crippen molar-refractivity contribution in [1.29, 1.82) is 0 Å².